The quantitative estimate of drug-likeness (QED) is 0.504. The molecule has 8 heteroatoms. The number of hydrogen-bond acceptors (Lipinski definition) is 5. The predicted octanol–water partition coefficient (Wildman–Crippen LogP) is 3.26. The molecule has 3 rings (SSSR count). The second-order valence-corrected chi connectivity index (χ2v) is 8.57. The summed E-state index contributed by atoms with van der Waals surface area (Å²) in [5, 5.41) is 12.9. The van der Waals surface area contributed by atoms with Gasteiger partial charge < -0.3 is 10.4 Å². The lowest BCUT2D eigenvalue weighted by Crippen LogP contribution is -2.45. The SMILES string of the molecule is O=C(CN1C(=O)/C(=C/c2cccc(Cl)c2)SC1=S)N[C@H](CO)Cc1ccccc1. The van der Waals surface area contributed by atoms with Crippen LogP contribution in [0.4, 0.5) is 0 Å². The number of benzene rings is 2. The maximum atomic E-state index is 12.7. The fourth-order valence-corrected chi connectivity index (χ4v) is 4.31. The van der Waals surface area contributed by atoms with E-state index < -0.39 is 6.04 Å². The number of carbonyl (C=O) groups excluding carboxylic acids is 2. The second-order valence-electron chi connectivity index (χ2n) is 6.46. The Morgan fingerprint density at radius 2 is 2.00 bits per heavy atom. The molecule has 0 aliphatic carbocycles. The molecule has 0 unspecified atom stereocenters. The average molecular weight is 447 g/mol. The van der Waals surface area contributed by atoms with E-state index in [1.165, 1.54) is 4.90 Å². The van der Waals surface area contributed by atoms with Crippen molar-refractivity contribution in [2.45, 2.75) is 12.5 Å². The van der Waals surface area contributed by atoms with Crippen LogP contribution in [-0.2, 0) is 16.0 Å². The Hall–Kier alpha value is -2.19. The van der Waals surface area contributed by atoms with Crippen LogP contribution in [0.2, 0.25) is 5.02 Å². The van der Waals surface area contributed by atoms with Gasteiger partial charge in [-0.15, -0.1) is 0 Å². The topological polar surface area (TPSA) is 69.6 Å². The average Bonchev–Trinajstić information content (AvgIpc) is 2.95. The van der Waals surface area contributed by atoms with Crippen LogP contribution >= 0.6 is 35.6 Å². The van der Waals surface area contributed by atoms with Crippen LogP contribution in [0, 0.1) is 0 Å². The summed E-state index contributed by atoms with van der Waals surface area (Å²) in [6, 6.07) is 16.3. The third-order valence-corrected chi connectivity index (χ3v) is 5.85. The number of carbonyl (C=O) groups is 2. The number of aliphatic hydroxyl groups is 1. The summed E-state index contributed by atoms with van der Waals surface area (Å²) in [4.78, 5) is 26.8. The van der Waals surface area contributed by atoms with Crippen LogP contribution in [-0.4, -0.2) is 45.3 Å². The second kappa shape index (κ2) is 10.0. The molecule has 0 spiro atoms. The van der Waals surface area contributed by atoms with Gasteiger partial charge in [-0.25, -0.2) is 0 Å². The van der Waals surface area contributed by atoms with E-state index in [0.29, 0.717) is 20.7 Å². The maximum Gasteiger partial charge on any atom is 0.266 e. The molecule has 1 saturated heterocycles. The molecular weight excluding hydrogens is 428 g/mol. The van der Waals surface area contributed by atoms with Crippen LogP contribution in [0.3, 0.4) is 0 Å². The standard InChI is InChI=1S/C21H19ClN2O3S2/c22-16-8-4-7-15(9-16)11-18-20(27)24(21(28)29-18)12-19(26)23-17(13-25)10-14-5-2-1-3-6-14/h1-9,11,17,25H,10,12-13H2,(H,23,26)/b18-11-/t17-/m0/s1. The normalized spacial score (nSPS) is 16.3. The molecule has 1 aliphatic rings. The molecule has 2 aromatic rings. The molecule has 150 valence electrons. The zero-order chi connectivity index (χ0) is 20.8. The highest BCUT2D eigenvalue weighted by molar-refractivity contribution is 8.26. The molecule has 5 nitrogen and oxygen atoms in total. The lowest BCUT2D eigenvalue weighted by atomic mass is 10.1. The highest BCUT2D eigenvalue weighted by atomic mass is 35.5. The summed E-state index contributed by atoms with van der Waals surface area (Å²) in [6.07, 6.45) is 2.20. The van der Waals surface area contributed by atoms with Crippen molar-refractivity contribution in [1.29, 1.82) is 0 Å². The molecular formula is C21H19ClN2O3S2. The lowest BCUT2D eigenvalue weighted by Gasteiger charge is -2.19. The Balaban J connectivity index is 1.62. The third-order valence-electron chi connectivity index (χ3n) is 4.23. The minimum atomic E-state index is -0.440. The fraction of sp³-hybridized carbons (Fsp3) is 0.190. The Kier molecular flexibility index (Phi) is 7.44. The summed E-state index contributed by atoms with van der Waals surface area (Å²) in [5.74, 6) is -0.695. The molecule has 1 aliphatic heterocycles. The van der Waals surface area contributed by atoms with Gasteiger partial charge in [-0.2, -0.15) is 0 Å². The molecule has 2 aromatic carbocycles. The number of hydrogen-bond donors (Lipinski definition) is 2. The van der Waals surface area contributed by atoms with Crippen molar-refractivity contribution >= 4 is 57.8 Å². The number of thioether (sulfide) groups is 1. The van der Waals surface area contributed by atoms with E-state index in [0.717, 1.165) is 22.9 Å². The Morgan fingerprint density at radius 3 is 2.69 bits per heavy atom. The van der Waals surface area contributed by atoms with E-state index in [1.807, 2.05) is 36.4 Å². The summed E-state index contributed by atoms with van der Waals surface area (Å²) in [5.41, 5.74) is 1.78. The van der Waals surface area contributed by atoms with E-state index in [9.17, 15) is 14.7 Å². The molecule has 1 fully saturated rings. The van der Waals surface area contributed by atoms with Crippen LogP contribution in [0.15, 0.2) is 59.5 Å². The van der Waals surface area contributed by atoms with Gasteiger partial charge in [0.1, 0.15) is 10.9 Å². The number of halogens is 1. The molecule has 2 N–H and O–H groups in total. The Labute approximate surface area is 183 Å². The van der Waals surface area contributed by atoms with Crippen molar-refractivity contribution in [3.05, 3.63) is 75.7 Å². The van der Waals surface area contributed by atoms with Gasteiger partial charge in [0.15, 0.2) is 0 Å². The molecule has 1 heterocycles. The van der Waals surface area contributed by atoms with E-state index in [2.05, 4.69) is 5.32 Å². The predicted molar refractivity (Wildman–Crippen MR) is 120 cm³/mol. The first kappa shape index (κ1) is 21.5. The fourth-order valence-electron chi connectivity index (χ4n) is 2.86. The summed E-state index contributed by atoms with van der Waals surface area (Å²) < 4.78 is 0.321. The summed E-state index contributed by atoms with van der Waals surface area (Å²) >= 11 is 12.4. The smallest absolute Gasteiger partial charge is 0.266 e. The number of rotatable bonds is 7. The maximum absolute atomic E-state index is 12.7. The lowest BCUT2D eigenvalue weighted by molar-refractivity contribution is -0.129. The van der Waals surface area contributed by atoms with Gasteiger partial charge in [0, 0.05) is 5.02 Å². The van der Waals surface area contributed by atoms with E-state index in [4.69, 9.17) is 23.8 Å². The van der Waals surface area contributed by atoms with Gasteiger partial charge in [-0.1, -0.05) is 78.0 Å². The zero-order valence-electron chi connectivity index (χ0n) is 15.4. The monoisotopic (exact) mass is 446 g/mol. The first-order chi connectivity index (χ1) is 14.0. The van der Waals surface area contributed by atoms with E-state index in [-0.39, 0.29) is 25.0 Å². The van der Waals surface area contributed by atoms with Crippen LogP contribution in [0.5, 0.6) is 0 Å². The van der Waals surface area contributed by atoms with Crippen molar-refractivity contribution in [2.24, 2.45) is 0 Å². The van der Waals surface area contributed by atoms with Crippen molar-refractivity contribution in [3.63, 3.8) is 0 Å². The van der Waals surface area contributed by atoms with Gasteiger partial charge in [0.2, 0.25) is 5.91 Å². The van der Waals surface area contributed by atoms with Crippen LogP contribution < -0.4 is 5.32 Å². The van der Waals surface area contributed by atoms with Crippen molar-refractivity contribution in [2.75, 3.05) is 13.2 Å². The minimum Gasteiger partial charge on any atom is -0.394 e. The van der Waals surface area contributed by atoms with Crippen LogP contribution in [0.1, 0.15) is 11.1 Å². The largest absolute Gasteiger partial charge is 0.394 e. The van der Waals surface area contributed by atoms with Gasteiger partial charge >= 0.3 is 0 Å². The van der Waals surface area contributed by atoms with Gasteiger partial charge in [-0.05, 0) is 35.8 Å². The first-order valence-corrected chi connectivity index (χ1v) is 10.5. The molecule has 29 heavy (non-hydrogen) atoms. The summed E-state index contributed by atoms with van der Waals surface area (Å²) in [6.45, 7) is -0.392. The number of nitrogens with one attached hydrogen (secondary N) is 1. The van der Waals surface area contributed by atoms with E-state index in [1.54, 1.807) is 24.3 Å². The van der Waals surface area contributed by atoms with Crippen molar-refractivity contribution in [1.82, 2.24) is 10.2 Å². The third kappa shape index (κ3) is 5.90. The zero-order valence-corrected chi connectivity index (χ0v) is 17.8. The van der Waals surface area contributed by atoms with Crippen molar-refractivity contribution in [3.8, 4) is 0 Å². The molecule has 1 atom stereocenters. The van der Waals surface area contributed by atoms with Crippen LogP contribution in [0.25, 0.3) is 6.08 Å². The Bertz CT molecular complexity index is 950. The van der Waals surface area contributed by atoms with Gasteiger partial charge in [0.25, 0.3) is 5.91 Å². The highest BCUT2D eigenvalue weighted by Gasteiger charge is 2.33. The Morgan fingerprint density at radius 1 is 1.24 bits per heavy atom. The molecule has 0 bridgehead atoms. The van der Waals surface area contributed by atoms with Gasteiger partial charge in [0.05, 0.1) is 17.6 Å². The van der Waals surface area contributed by atoms with Crippen molar-refractivity contribution < 1.29 is 14.7 Å². The minimum absolute atomic E-state index is 0.192. The summed E-state index contributed by atoms with van der Waals surface area (Å²) in [7, 11) is 0. The first-order valence-electron chi connectivity index (χ1n) is 8.91. The molecule has 0 radical (unpaired) electrons. The van der Waals surface area contributed by atoms with E-state index >= 15 is 0 Å². The van der Waals surface area contributed by atoms with Gasteiger partial charge in [-0.3, -0.25) is 14.5 Å². The number of thiocarbonyl (C=S) groups is 1. The molecule has 0 aromatic heterocycles. The molecule has 2 amide bonds. The number of amides is 2. The molecule has 0 saturated carbocycles. The highest BCUT2D eigenvalue weighted by Crippen LogP contribution is 2.32. The number of nitrogens with zero attached hydrogens (tertiary/aromatic N) is 1. The number of aliphatic hydroxyl groups excluding tert-OH is 1.